The fourth-order valence-corrected chi connectivity index (χ4v) is 1.46. The van der Waals surface area contributed by atoms with Gasteiger partial charge >= 0.3 is 0 Å². The lowest BCUT2D eigenvalue weighted by Gasteiger charge is -2.32. The predicted octanol–water partition coefficient (Wildman–Crippen LogP) is -0.367. The number of likely N-dealkylation sites (N-methyl/N-ethyl adjacent to an activating group) is 1. The number of hydrazine groups is 1. The first-order valence-corrected chi connectivity index (χ1v) is 5.02. The second kappa shape index (κ2) is 4.41. The van der Waals surface area contributed by atoms with Crippen molar-refractivity contribution in [2.45, 2.75) is 0 Å². The van der Waals surface area contributed by atoms with Crippen LogP contribution >= 0.6 is 0 Å². The maximum absolute atomic E-state index is 5.50. The van der Waals surface area contributed by atoms with Gasteiger partial charge in [-0.1, -0.05) is 0 Å². The number of anilines is 2. The molecule has 1 saturated heterocycles. The number of nitrogens with one attached hydrogen (secondary N) is 1. The fourth-order valence-electron chi connectivity index (χ4n) is 1.46. The third-order valence-corrected chi connectivity index (χ3v) is 2.43. The van der Waals surface area contributed by atoms with Crippen molar-refractivity contribution >= 4 is 11.6 Å². The second-order valence-electron chi connectivity index (χ2n) is 3.74. The number of nitrogens with two attached hydrogens (primary N) is 1. The topological polar surface area (TPSA) is 70.3 Å². The Morgan fingerprint density at radius 2 is 1.80 bits per heavy atom. The van der Waals surface area contributed by atoms with Crippen LogP contribution in [0.25, 0.3) is 0 Å². The van der Waals surface area contributed by atoms with E-state index in [0.717, 1.165) is 26.2 Å². The Morgan fingerprint density at radius 3 is 2.40 bits per heavy atom. The lowest BCUT2D eigenvalue weighted by atomic mass is 10.4. The quantitative estimate of drug-likeness (QED) is 0.691. The first-order chi connectivity index (χ1) is 7.24. The zero-order chi connectivity index (χ0) is 10.7. The molecule has 6 heteroatoms. The van der Waals surface area contributed by atoms with Crippen LogP contribution in [-0.4, -0.2) is 53.1 Å². The Bertz CT molecular complexity index is 303. The summed E-state index contributed by atoms with van der Waals surface area (Å²) in [5.41, 5.74) is 9.24. The van der Waals surface area contributed by atoms with Crippen molar-refractivity contribution in [2.24, 2.45) is 0 Å². The zero-order valence-corrected chi connectivity index (χ0v) is 8.85. The Kier molecular flexibility index (Phi) is 2.98. The lowest BCUT2D eigenvalue weighted by Crippen LogP contribution is -2.47. The molecule has 1 aromatic heterocycles. The van der Waals surface area contributed by atoms with Crippen molar-refractivity contribution in [3.8, 4) is 0 Å². The summed E-state index contributed by atoms with van der Waals surface area (Å²) in [6.45, 7) is 4.07. The van der Waals surface area contributed by atoms with Crippen molar-refractivity contribution < 1.29 is 0 Å². The number of aromatic nitrogens is 2. The summed E-state index contributed by atoms with van der Waals surface area (Å²) in [6, 6.07) is 0. The van der Waals surface area contributed by atoms with Gasteiger partial charge in [0.05, 0.1) is 18.1 Å². The van der Waals surface area contributed by atoms with Crippen LogP contribution in [0.5, 0.6) is 0 Å². The summed E-state index contributed by atoms with van der Waals surface area (Å²) in [5, 5.41) is 2.12. The maximum atomic E-state index is 5.50. The van der Waals surface area contributed by atoms with Crippen LogP contribution in [0.1, 0.15) is 0 Å². The fraction of sp³-hybridized carbons (Fsp3) is 0.556. The van der Waals surface area contributed by atoms with E-state index >= 15 is 0 Å². The van der Waals surface area contributed by atoms with E-state index in [2.05, 4.69) is 32.4 Å². The summed E-state index contributed by atoms with van der Waals surface area (Å²) in [5.74, 6) is 0.605. The lowest BCUT2D eigenvalue weighted by molar-refractivity contribution is 0.178. The molecule has 0 bridgehead atoms. The van der Waals surface area contributed by atoms with E-state index in [9.17, 15) is 0 Å². The summed E-state index contributed by atoms with van der Waals surface area (Å²) in [7, 11) is 2.12. The van der Waals surface area contributed by atoms with Crippen LogP contribution in [0, 0.1) is 0 Å². The molecule has 1 aliphatic heterocycles. The third-order valence-electron chi connectivity index (χ3n) is 2.43. The Hall–Kier alpha value is -1.40. The van der Waals surface area contributed by atoms with Crippen LogP contribution in [0.3, 0.4) is 0 Å². The highest BCUT2D eigenvalue weighted by atomic mass is 15.5. The van der Waals surface area contributed by atoms with E-state index in [-0.39, 0.29) is 0 Å². The average molecular weight is 208 g/mol. The van der Waals surface area contributed by atoms with Crippen molar-refractivity contribution in [1.29, 1.82) is 0 Å². The number of hydrogen-bond acceptors (Lipinski definition) is 6. The molecular formula is C9H16N6. The molecule has 2 rings (SSSR count). The highest BCUT2D eigenvalue weighted by Gasteiger charge is 2.13. The van der Waals surface area contributed by atoms with Crippen LogP contribution < -0.4 is 11.2 Å². The van der Waals surface area contributed by atoms with Crippen LogP contribution in [0.4, 0.5) is 11.6 Å². The second-order valence-corrected chi connectivity index (χ2v) is 3.74. The summed E-state index contributed by atoms with van der Waals surface area (Å²) in [6.07, 6.45) is 3.21. The van der Waals surface area contributed by atoms with E-state index in [1.807, 2.05) is 0 Å². The molecule has 0 spiro atoms. The van der Waals surface area contributed by atoms with Crippen molar-refractivity contribution in [2.75, 3.05) is 44.4 Å². The molecule has 0 saturated carbocycles. The number of piperazine rings is 1. The van der Waals surface area contributed by atoms with Crippen molar-refractivity contribution in [3.63, 3.8) is 0 Å². The summed E-state index contributed by atoms with van der Waals surface area (Å²) in [4.78, 5) is 10.5. The van der Waals surface area contributed by atoms with E-state index < -0.39 is 0 Å². The smallest absolute Gasteiger partial charge is 0.237 e. The minimum absolute atomic E-state index is 0.582. The molecule has 0 atom stereocenters. The van der Waals surface area contributed by atoms with Gasteiger partial charge in [0.2, 0.25) is 5.95 Å². The molecule has 82 valence electrons. The zero-order valence-electron chi connectivity index (χ0n) is 8.85. The van der Waals surface area contributed by atoms with Crippen molar-refractivity contribution in [3.05, 3.63) is 12.4 Å². The van der Waals surface area contributed by atoms with E-state index in [1.54, 1.807) is 12.4 Å². The van der Waals surface area contributed by atoms with E-state index in [4.69, 9.17) is 5.73 Å². The molecule has 2 heterocycles. The van der Waals surface area contributed by atoms with Gasteiger partial charge in [0.15, 0.2) is 0 Å². The van der Waals surface area contributed by atoms with Gasteiger partial charge in [-0.3, -0.25) is 5.43 Å². The predicted molar refractivity (Wildman–Crippen MR) is 59.1 cm³/mol. The van der Waals surface area contributed by atoms with Crippen LogP contribution in [0.15, 0.2) is 12.4 Å². The molecule has 15 heavy (non-hydrogen) atoms. The molecule has 0 unspecified atom stereocenters. The van der Waals surface area contributed by atoms with Gasteiger partial charge in [-0.05, 0) is 7.05 Å². The van der Waals surface area contributed by atoms with Gasteiger partial charge < -0.3 is 10.6 Å². The molecule has 0 aliphatic carbocycles. The first-order valence-electron chi connectivity index (χ1n) is 5.02. The van der Waals surface area contributed by atoms with E-state index in [0.29, 0.717) is 11.6 Å². The third kappa shape index (κ3) is 2.77. The largest absolute Gasteiger partial charge is 0.396 e. The first kappa shape index (κ1) is 10.1. The number of nitrogen functional groups attached to an aromatic ring is 1. The number of rotatable bonds is 2. The van der Waals surface area contributed by atoms with Gasteiger partial charge in [-0.25, -0.2) is 15.0 Å². The molecular weight excluding hydrogens is 192 g/mol. The summed E-state index contributed by atoms with van der Waals surface area (Å²) >= 11 is 0. The Morgan fingerprint density at radius 1 is 1.20 bits per heavy atom. The average Bonchev–Trinajstić information content (AvgIpc) is 2.25. The van der Waals surface area contributed by atoms with Gasteiger partial charge in [0.25, 0.3) is 0 Å². The normalized spacial score (nSPS) is 19.0. The molecule has 0 radical (unpaired) electrons. The molecule has 3 N–H and O–H groups in total. The number of nitrogens with zero attached hydrogens (tertiary/aromatic N) is 4. The highest BCUT2D eigenvalue weighted by Crippen LogP contribution is 2.04. The number of hydrogen-bond donors (Lipinski definition) is 2. The minimum Gasteiger partial charge on any atom is -0.396 e. The maximum Gasteiger partial charge on any atom is 0.237 e. The van der Waals surface area contributed by atoms with Gasteiger partial charge in [0, 0.05) is 26.2 Å². The SMILES string of the molecule is CN1CCN(Nc2ncc(N)cn2)CC1. The summed E-state index contributed by atoms with van der Waals surface area (Å²) < 4.78 is 0. The van der Waals surface area contributed by atoms with Crippen LogP contribution in [0.2, 0.25) is 0 Å². The molecule has 1 aromatic rings. The van der Waals surface area contributed by atoms with Gasteiger partial charge in [-0.15, -0.1) is 0 Å². The highest BCUT2D eigenvalue weighted by molar-refractivity contribution is 5.35. The molecule has 6 nitrogen and oxygen atoms in total. The molecule has 1 fully saturated rings. The standard InChI is InChI=1S/C9H16N6/c1-14-2-4-15(5-3-14)13-9-11-6-8(10)7-12-9/h6-7H,2-5,10H2,1H3,(H,11,12,13). The van der Waals surface area contributed by atoms with Crippen molar-refractivity contribution in [1.82, 2.24) is 19.9 Å². The monoisotopic (exact) mass is 208 g/mol. The van der Waals surface area contributed by atoms with E-state index in [1.165, 1.54) is 0 Å². The Balaban J connectivity index is 1.89. The van der Waals surface area contributed by atoms with Crippen LogP contribution in [-0.2, 0) is 0 Å². The molecule has 1 aliphatic rings. The molecule has 0 aromatic carbocycles. The minimum atomic E-state index is 0.582. The van der Waals surface area contributed by atoms with Gasteiger partial charge in [0.1, 0.15) is 0 Å². The Labute approximate surface area is 89.1 Å². The van der Waals surface area contributed by atoms with Gasteiger partial charge in [-0.2, -0.15) is 0 Å². The molecule has 0 amide bonds.